The minimum atomic E-state index is 0.312. The van der Waals surface area contributed by atoms with Crippen molar-refractivity contribution in [3.63, 3.8) is 0 Å². The Bertz CT molecular complexity index is 597. The van der Waals surface area contributed by atoms with E-state index in [2.05, 4.69) is 15.2 Å². The van der Waals surface area contributed by atoms with Gasteiger partial charge in [0.2, 0.25) is 5.91 Å². The second-order valence-electron chi connectivity index (χ2n) is 7.66. The van der Waals surface area contributed by atoms with Crippen LogP contribution in [0.4, 0.5) is 0 Å². The summed E-state index contributed by atoms with van der Waals surface area (Å²) in [5.74, 6) is 2.25. The molecule has 1 amide bonds. The summed E-state index contributed by atoms with van der Waals surface area (Å²) in [6.45, 7) is 3.60. The van der Waals surface area contributed by atoms with Crippen LogP contribution in [0.15, 0.2) is 6.20 Å². The molecule has 0 bridgehead atoms. The lowest BCUT2D eigenvalue weighted by atomic mass is 9.95. The zero-order chi connectivity index (χ0) is 16.4. The molecule has 4 rings (SSSR count). The van der Waals surface area contributed by atoms with Crippen LogP contribution >= 0.6 is 0 Å². The zero-order valence-electron chi connectivity index (χ0n) is 14.5. The highest BCUT2D eigenvalue weighted by atomic mass is 16.2. The minimum absolute atomic E-state index is 0.312. The van der Waals surface area contributed by atoms with Crippen LogP contribution in [0, 0.1) is 5.92 Å². The third kappa shape index (κ3) is 3.46. The molecule has 24 heavy (non-hydrogen) atoms. The predicted octanol–water partition coefficient (Wildman–Crippen LogP) is 2.41. The van der Waals surface area contributed by atoms with Gasteiger partial charge in [0.15, 0.2) is 0 Å². The number of likely N-dealkylation sites (tertiary alicyclic amines) is 1. The maximum Gasteiger partial charge on any atom is 0.222 e. The van der Waals surface area contributed by atoms with Gasteiger partial charge in [0, 0.05) is 62.4 Å². The molecule has 5 nitrogen and oxygen atoms in total. The van der Waals surface area contributed by atoms with Crippen molar-refractivity contribution < 1.29 is 4.79 Å². The number of nitrogens with zero attached hydrogens (tertiary/aromatic N) is 3. The van der Waals surface area contributed by atoms with Gasteiger partial charge < -0.3 is 10.2 Å². The molecule has 1 aromatic rings. The first-order chi connectivity index (χ1) is 11.8. The van der Waals surface area contributed by atoms with E-state index in [1.807, 2.05) is 6.20 Å². The van der Waals surface area contributed by atoms with Gasteiger partial charge in [-0.15, -0.1) is 0 Å². The number of fused-ring (bicyclic) bond motifs is 1. The number of hydrogen-bond donors (Lipinski definition) is 1. The number of carbonyl (C=O) groups is 1. The number of hydrogen-bond acceptors (Lipinski definition) is 4. The molecule has 0 unspecified atom stereocenters. The van der Waals surface area contributed by atoms with Gasteiger partial charge in [-0.1, -0.05) is 12.8 Å². The Kier molecular flexibility index (Phi) is 4.79. The second kappa shape index (κ2) is 7.18. The summed E-state index contributed by atoms with van der Waals surface area (Å²) >= 11 is 0. The Morgan fingerprint density at radius 1 is 1.25 bits per heavy atom. The van der Waals surface area contributed by atoms with E-state index < -0.39 is 0 Å². The van der Waals surface area contributed by atoms with Crippen molar-refractivity contribution in [1.29, 1.82) is 0 Å². The van der Waals surface area contributed by atoms with Crippen molar-refractivity contribution >= 4 is 5.91 Å². The molecule has 0 radical (unpaired) electrons. The molecule has 1 saturated heterocycles. The first-order valence-electron chi connectivity index (χ1n) is 9.63. The molecule has 0 spiro atoms. The largest absolute Gasteiger partial charge is 0.342 e. The summed E-state index contributed by atoms with van der Waals surface area (Å²) in [5.41, 5.74) is 2.43. The number of piperidine rings is 1. The van der Waals surface area contributed by atoms with Crippen LogP contribution in [0.25, 0.3) is 0 Å². The smallest absolute Gasteiger partial charge is 0.222 e. The molecule has 3 aliphatic rings. The number of carbonyl (C=O) groups excluding carboxylic acids is 1. The van der Waals surface area contributed by atoms with Crippen molar-refractivity contribution in [2.45, 2.75) is 63.8 Å². The van der Waals surface area contributed by atoms with Gasteiger partial charge in [-0.25, -0.2) is 9.97 Å². The summed E-state index contributed by atoms with van der Waals surface area (Å²) in [6, 6.07) is 0. The second-order valence-corrected chi connectivity index (χ2v) is 7.66. The van der Waals surface area contributed by atoms with Gasteiger partial charge in [0.1, 0.15) is 5.82 Å². The van der Waals surface area contributed by atoms with E-state index >= 15 is 0 Å². The highest BCUT2D eigenvalue weighted by Crippen LogP contribution is 2.30. The van der Waals surface area contributed by atoms with Gasteiger partial charge >= 0.3 is 0 Å². The van der Waals surface area contributed by atoms with Crippen molar-refractivity contribution in [2.24, 2.45) is 5.92 Å². The van der Waals surface area contributed by atoms with E-state index in [4.69, 9.17) is 4.98 Å². The third-order valence-corrected chi connectivity index (χ3v) is 5.90. The molecule has 1 atom stereocenters. The van der Waals surface area contributed by atoms with E-state index in [1.165, 1.54) is 36.9 Å². The number of aromatic nitrogens is 2. The molecule has 2 fully saturated rings. The topological polar surface area (TPSA) is 58.1 Å². The van der Waals surface area contributed by atoms with Crippen molar-refractivity contribution in [3.05, 3.63) is 23.3 Å². The number of rotatable bonds is 3. The summed E-state index contributed by atoms with van der Waals surface area (Å²) in [6.07, 6.45) is 11.0. The lowest BCUT2D eigenvalue weighted by molar-refractivity contribution is -0.133. The van der Waals surface area contributed by atoms with Crippen LogP contribution < -0.4 is 5.32 Å². The summed E-state index contributed by atoms with van der Waals surface area (Å²) in [5, 5.41) is 3.36. The van der Waals surface area contributed by atoms with Crippen LogP contribution in [-0.2, 0) is 17.8 Å². The first-order valence-corrected chi connectivity index (χ1v) is 9.63. The molecule has 1 aromatic heterocycles. The minimum Gasteiger partial charge on any atom is -0.342 e. The zero-order valence-corrected chi connectivity index (χ0v) is 14.5. The molecule has 0 aromatic carbocycles. The molecule has 1 N–H and O–H groups in total. The van der Waals surface area contributed by atoms with E-state index in [1.54, 1.807) is 0 Å². The molecule has 2 aliphatic heterocycles. The van der Waals surface area contributed by atoms with Gasteiger partial charge in [-0.3, -0.25) is 4.79 Å². The maximum absolute atomic E-state index is 12.6. The SMILES string of the molecule is O=C(CC1CCCC1)N1CCC[C@@H](c2ncc3c(n2)CCNC3)C1. The molecular weight excluding hydrogens is 300 g/mol. The average molecular weight is 328 g/mol. The molecular formula is C19H28N4O. The van der Waals surface area contributed by atoms with Gasteiger partial charge in [-0.2, -0.15) is 0 Å². The Morgan fingerprint density at radius 2 is 2.12 bits per heavy atom. The van der Waals surface area contributed by atoms with Crippen molar-refractivity contribution in [1.82, 2.24) is 20.2 Å². The Hall–Kier alpha value is -1.49. The summed E-state index contributed by atoms with van der Waals surface area (Å²) in [7, 11) is 0. The van der Waals surface area contributed by atoms with Crippen LogP contribution in [0.5, 0.6) is 0 Å². The van der Waals surface area contributed by atoms with Gasteiger partial charge in [0.25, 0.3) is 0 Å². The lowest BCUT2D eigenvalue weighted by Gasteiger charge is -2.33. The van der Waals surface area contributed by atoms with Crippen molar-refractivity contribution in [2.75, 3.05) is 19.6 Å². The standard InChI is InChI=1S/C19H28N4O/c24-18(10-14-4-1-2-5-14)23-9-3-6-15(13-23)19-21-12-16-11-20-8-7-17(16)22-19/h12,14-15,20H,1-11,13H2/t15-/m1/s1. The molecule has 5 heteroatoms. The lowest BCUT2D eigenvalue weighted by Crippen LogP contribution is -2.40. The summed E-state index contributed by atoms with van der Waals surface area (Å²) < 4.78 is 0. The molecule has 3 heterocycles. The first kappa shape index (κ1) is 16.0. The average Bonchev–Trinajstić information content (AvgIpc) is 3.14. The van der Waals surface area contributed by atoms with Crippen LogP contribution in [0.2, 0.25) is 0 Å². The number of amides is 1. The van der Waals surface area contributed by atoms with Crippen LogP contribution in [-0.4, -0.2) is 40.4 Å². The highest BCUT2D eigenvalue weighted by Gasteiger charge is 2.29. The van der Waals surface area contributed by atoms with Gasteiger partial charge in [-0.05, 0) is 31.6 Å². The fourth-order valence-electron chi connectivity index (χ4n) is 4.45. The molecule has 130 valence electrons. The molecule has 1 saturated carbocycles. The Labute approximate surface area is 144 Å². The third-order valence-electron chi connectivity index (χ3n) is 5.90. The van der Waals surface area contributed by atoms with Gasteiger partial charge in [0.05, 0.1) is 0 Å². The Balaban J connectivity index is 1.41. The van der Waals surface area contributed by atoms with E-state index in [-0.39, 0.29) is 0 Å². The van der Waals surface area contributed by atoms with E-state index in [0.29, 0.717) is 17.7 Å². The maximum atomic E-state index is 12.6. The summed E-state index contributed by atoms with van der Waals surface area (Å²) in [4.78, 5) is 24.2. The van der Waals surface area contributed by atoms with E-state index in [9.17, 15) is 4.79 Å². The normalized spacial score (nSPS) is 24.8. The van der Waals surface area contributed by atoms with Crippen molar-refractivity contribution in [3.8, 4) is 0 Å². The van der Waals surface area contributed by atoms with Crippen LogP contribution in [0.3, 0.4) is 0 Å². The fourth-order valence-corrected chi connectivity index (χ4v) is 4.45. The Morgan fingerprint density at radius 3 is 3.00 bits per heavy atom. The fraction of sp³-hybridized carbons (Fsp3) is 0.737. The van der Waals surface area contributed by atoms with E-state index in [0.717, 1.165) is 57.7 Å². The highest BCUT2D eigenvalue weighted by molar-refractivity contribution is 5.76. The number of nitrogens with one attached hydrogen (secondary N) is 1. The van der Waals surface area contributed by atoms with Crippen LogP contribution in [0.1, 0.15) is 67.9 Å². The monoisotopic (exact) mass is 328 g/mol. The molecule has 1 aliphatic carbocycles. The predicted molar refractivity (Wildman–Crippen MR) is 92.6 cm³/mol. The quantitative estimate of drug-likeness (QED) is 0.926.